The highest BCUT2D eigenvalue weighted by Crippen LogP contribution is 2.24. The second kappa shape index (κ2) is 4.04. The van der Waals surface area contributed by atoms with Gasteiger partial charge in [0, 0.05) is 5.56 Å². The summed E-state index contributed by atoms with van der Waals surface area (Å²) in [6.45, 7) is 2.04. The summed E-state index contributed by atoms with van der Waals surface area (Å²) in [5, 5.41) is 1.27. The maximum atomic E-state index is 5.64. The van der Waals surface area contributed by atoms with E-state index < -0.39 is 0 Å². The Morgan fingerprint density at radius 2 is 2.13 bits per heavy atom. The van der Waals surface area contributed by atoms with Gasteiger partial charge in [0.25, 0.3) is 0 Å². The molecule has 0 fully saturated rings. The topological polar surface area (TPSA) is 51.8 Å². The van der Waals surface area contributed by atoms with E-state index in [0.29, 0.717) is 9.90 Å². The molecule has 2 N–H and O–H groups in total. The Morgan fingerprint density at radius 1 is 1.33 bits per heavy atom. The second-order valence-electron chi connectivity index (χ2n) is 3.12. The Hall–Kier alpha value is -1.33. The third-order valence-electron chi connectivity index (χ3n) is 1.87. The van der Waals surface area contributed by atoms with Crippen molar-refractivity contribution in [1.82, 2.24) is 9.97 Å². The maximum Gasteiger partial charge on any atom is 0.223 e. The van der Waals surface area contributed by atoms with E-state index >= 15 is 0 Å². The third-order valence-corrected chi connectivity index (χ3v) is 2.87. The number of aryl methyl sites for hydroxylation is 1. The molecule has 1 aromatic heterocycles. The lowest BCUT2D eigenvalue weighted by molar-refractivity contribution is 1.19. The van der Waals surface area contributed by atoms with Crippen LogP contribution in [0.3, 0.4) is 0 Å². The molecule has 0 spiro atoms. The van der Waals surface area contributed by atoms with Crippen LogP contribution in [0.5, 0.6) is 0 Å². The van der Waals surface area contributed by atoms with Crippen molar-refractivity contribution < 1.29 is 0 Å². The van der Waals surface area contributed by atoms with Crippen LogP contribution in [-0.2, 0) is 0 Å². The predicted octanol–water partition coefficient (Wildman–Crippen LogP) is 2.83. The van der Waals surface area contributed by atoms with Crippen LogP contribution in [0.15, 0.2) is 24.3 Å². The number of rotatable bonds is 1. The molecule has 0 aliphatic rings. The molecule has 3 nitrogen and oxygen atoms in total. The van der Waals surface area contributed by atoms with Gasteiger partial charge in [-0.2, -0.15) is 4.98 Å². The molecule has 0 aliphatic carbocycles. The molecule has 0 amide bonds. The molecule has 15 heavy (non-hydrogen) atoms. The van der Waals surface area contributed by atoms with Crippen LogP contribution in [0.1, 0.15) is 5.56 Å². The molecule has 0 atom stereocenters. The molecule has 0 saturated heterocycles. The van der Waals surface area contributed by atoms with Gasteiger partial charge in [0.2, 0.25) is 4.77 Å². The molecule has 0 unspecified atom stereocenters. The Labute approximate surface area is 96.6 Å². The first-order chi connectivity index (χ1) is 7.15. The summed E-state index contributed by atoms with van der Waals surface area (Å²) in [7, 11) is 0. The molecular formula is C10H9N3S2. The van der Waals surface area contributed by atoms with E-state index in [4.69, 9.17) is 18.0 Å². The van der Waals surface area contributed by atoms with E-state index in [1.807, 2.05) is 31.2 Å². The van der Waals surface area contributed by atoms with Gasteiger partial charge < -0.3 is 5.73 Å². The molecular weight excluding hydrogens is 226 g/mol. The normalized spacial score (nSPS) is 10.2. The van der Waals surface area contributed by atoms with Gasteiger partial charge in [-0.25, -0.2) is 4.98 Å². The second-order valence-corrected chi connectivity index (χ2v) is 4.50. The van der Waals surface area contributed by atoms with Gasteiger partial charge in [-0.05, 0) is 25.2 Å². The van der Waals surface area contributed by atoms with Crippen LogP contribution in [0.4, 0.5) is 5.13 Å². The van der Waals surface area contributed by atoms with Crippen LogP contribution in [0.25, 0.3) is 10.6 Å². The van der Waals surface area contributed by atoms with Gasteiger partial charge in [-0.3, -0.25) is 0 Å². The van der Waals surface area contributed by atoms with Crippen LogP contribution in [0, 0.1) is 11.7 Å². The SMILES string of the molecule is Cc1cccc(-c2nc(=S)nc(N)s2)c1. The highest BCUT2D eigenvalue weighted by atomic mass is 32.1. The summed E-state index contributed by atoms with van der Waals surface area (Å²) in [6, 6.07) is 8.05. The van der Waals surface area contributed by atoms with Crippen molar-refractivity contribution in [3.05, 3.63) is 34.6 Å². The fourth-order valence-electron chi connectivity index (χ4n) is 1.25. The Morgan fingerprint density at radius 3 is 2.80 bits per heavy atom. The van der Waals surface area contributed by atoms with E-state index in [1.54, 1.807) is 0 Å². The van der Waals surface area contributed by atoms with Crippen molar-refractivity contribution in [2.24, 2.45) is 0 Å². The first-order valence-corrected chi connectivity index (χ1v) is 5.59. The lowest BCUT2D eigenvalue weighted by Gasteiger charge is -2.01. The standard InChI is InChI=1S/C10H9N3S2/c1-6-3-2-4-7(5-6)8-12-10(14)13-9(11)15-8/h2-5H,1H3,(H2,11,13,14). The fraction of sp³-hybridized carbons (Fsp3) is 0.100. The lowest BCUT2D eigenvalue weighted by Crippen LogP contribution is -1.91. The van der Waals surface area contributed by atoms with Crippen LogP contribution < -0.4 is 5.73 Å². The van der Waals surface area contributed by atoms with Crippen molar-refractivity contribution in [2.75, 3.05) is 5.73 Å². The molecule has 1 heterocycles. The van der Waals surface area contributed by atoms with E-state index in [-0.39, 0.29) is 0 Å². The van der Waals surface area contributed by atoms with Gasteiger partial charge in [0.05, 0.1) is 0 Å². The molecule has 0 saturated carbocycles. The first kappa shape index (κ1) is 10.2. The average molecular weight is 235 g/mol. The number of aromatic nitrogens is 2. The van der Waals surface area contributed by atoms with E-state index in [1.165, 1.54) is 16.9 Å². The first-order valence-electron chi connectivity index (χ1n) is 4.37. The van der Waals surface area contributed by atoms with Crippen LogP contribution >= 0.6 is 23.6 Å². The smallest absolute Gasteiger partial charge is 0.223 e. The Bertz CT molecular complexity index is 548. The maximum absolute atomic E-state index is 5.64. The zero-order chi connectivity index (χ0) is 10.8. The van der Waals surface area contributed by atoms with Gasteiger partial charge in [0.15, 0.2) is 5.13 Å². The minimum atomic E-state index is 0.294. The summed E-state index contributed by atoms with van der Waals surface area (Å²) in [6.07, 6.45) is 0. The molecule has 0 aliphatic heterocycles. The van der Waals surface area contributed by atoms with Crippen molar-refractivity contribution >= 4 is 28.7 Å². The van der Waals surface area contributed by atoms with E-state index in [2.05, 4.69) is 9.97 Å². The van der Waals surface area contributed by atoms with Crippen molar-refractivity contribution in [1.29, 1.82) is 0 Å². The van der Waals surface area contributed by atoms with Gasteiger partial charge in [-0.15, -0.1) is 0 Å². The Kier molecular flexibility index (Phi) is 2.75. The molecule has 2 aromatic rings. The third kappa shape index (κ3) is 2.37. The van der Waals surface area contributed by atoms with E-state index in [0.717, 1.165) is 10.6 Å². The number of nitrogens with zero attached hydrogens (tertiary/aromatic N) is 2. The monoisotopic (exact) mass is 235 g/mol. The molecule has 2 rings (SSSR count). The van der Waals surface area contributed by atoms with Crippen LogP contribution in [0.2, 0.25) is 0 Å². The minimum Gasteiger partial charge on any atom is -0.375 e. The number of benzene rings is 1. The average Bonchev–Trinajstić information content (AvgIpc) is 2.16. The van der Waals surface area contributed by atoms with Crippen molar-refractivity contribution in [3.63, 3.8) is 0 Å². The van der Waals surface area contributed by atoms with Crippen LogP contribution in [-0.4, -0.2) is 9.97 Å². The fourth-order valence-corrected chi connectivity index (χ4v) is 2.26. The predicted molar refractivity (Wildman–Crippen MR) is 65.3 cm³/mol. The number of hydrogen-bond donors (Lipinski definition) is 1. The molecule has 0 bridgehead atoms. The Balaban J connectivity index is 2.59. The number of anilines is 1. The zero-order valence-electron chi connectivity index (χ0n) is 8.10. The summed E-state index contributed by atoms with van der Waals surface area (Å²) < 4.78 is 0.294. The van der Waals surface area contributed by atoms with Crippen molar-refractivity contribution in [3.8, 4) is 10.6 Å². The van der Waals surface area contributed by atoms with Crippen molar-refractivity contribution in [2.45, 2.75) is 6.92 Å². The molecule has 1 aromatic carbocycles. The number of nitrogen functional groups attached to an aromatic ring is 1. The quantitative estimate of drug-likeness (QED) is 0.772. The number of hydrogen-bond acceptors (Lipinski definition) is 5. The van der Waals surface area contributed by atoms with Gasteiger partial charge >= 0.3 is 0 Å². The zero-order valence-corrected chi connectivity index (χ0v) is 9.73. The van der Waals surface area contributed by atoms with E-state index in [9.17, 15) is 0 Å². The highest BCUT2D eigenvalue weighted by molar-refractivity contribution is 7.71. The molecule has 0 radical (unpaired) electrons. The molecule has 5 heteroatoms. The summed E-state index contributed by atoms with van der Waals surface area (Å²) >= 11 is 6.27. The lowest BCUT2D eigenvalue weighted by atomic mass is 10.1. The summed E-state index contributed by atoms with van der Waals surface area (Å²) in [5.41, 5.74) is 7.85. The highest BCUT2D eigenvalue weighted by Gasteiger charge is 2.02. The molecule has 76 valence electrons. The van der Waals surface area contributed by atoms with Gasteiger partial charge in [-0.1, -0.05) is 35.1 Å². The summed E-state index contributed by atoms with van der Waals surface area (Å²) in [5.74, 6) is 0. The number of nitrogens with two attached hydrogens (primary N) is 1. The largest absolute Gasteiger partial charge is 0.375 e. The van der Waals surface area contributed by atoms with Gasteiger partial charge in [0.1, 0.15) is 5.01 Å². The summed E-state index contributed by atoms with van der Waals surface area (Å²) in [4.78, 5) is 8.07. The minimum absolute atomic E-state index is 0.294.